The summed E-state index contributed by atoms with van der Waals surface area (Å²) in [7, 11) is 1.80. The molecule has 2 aliphatic rings. The van der Waals surface area contributed by atoms with Crippen LogP contribution in [-0.2, 0) is 22.5 Å². The largest absolute Gasteiger partial charge is 0.366 e. The van der Waals surface area contributed by atoms with E-state index in [-0.39, 0.29) is 17.9 Å². The summed E-state index contributed by atoms with van der Waals surface area (Å²) in [6, 6.07) is 6.03. The van der Waals surface area contributed by atoms with Gasteiger partial charge in [-0.05, 0) is 49.3 Å². The number of halogens is 1. The standard InChI is InChI=1S/C22H29ClN6O3S/c1-29-19-11-16(10-9-14(19)6-4-8-20(29)30)26-22-24-13-17(23)21(28-22)27-18-7-3-2-5-15(18)12-25-33(31)32/h9-11,13,15,18,25H,2-8,12H2,1H3,(H,31,32)(H2,24,26,27,28)/t15-,18-/m1/s1. The Kier molecular flexibility index (Phi) is 7.79. The van der Waals surface area contributed by atoms with Crippen molar-refractivity contribution >= 4 is 51.9 Å². The van der Waals surface area contributed by atoms with Crippen molar-refractivity contribution in [1.29, 1.82) is 0 Å². The number of benzene rings is 1. The van der Waals surface area contributed by atoms with Gasteiger partial charge in [-0.3, -0.25) is 9.35 Å². The van der Waals surface area contributed by atoms with Crippen molar-refractivity contribution in [2.24, 2.45) is 5.92 Å². The summed E-state index contributed by atoms with van der Waals surface area (Å²) >= 11 is 4.35. The van der Waals surface area contributed by atoms with Crippen LogP contribution in [0, 0.1) is 5.92 Å². The molecule has 1 aromatic carbocycles. The molecule has 1 saturated carbocycles. The van der Waals surface area contributed by atoms with Crippen LogP contribution in [0.4, 0.5) is 23.1 Å². The van der Waals surface area contributed by atoms with Gasteiger partial charge in [0.25, 0.3) is 0 Å². The molecule has 33 heavy (non-hydrogen) atoms. The van der Waals surface area contributed by atoms with Crippen molar-refractivity contribution < 1.29 is 13.6 Å². The Hall–Kier alpha value is -2.27. The third kappa shape index (κ3) is 6.00. The molecule has 178 valence electrons. The van der Waals surface area contributed by atoms with Crippen LogP contribution in [0.2, 0.25) is 5.02 Å². The highest BCUT2D eigenvalue weighted by atomic mass is 35.5. The van der Waals surface area contributed by atoms with Gasteiger partial charge in [0.2, 0.25) is 23.1 Å². The Balaban J connectivity index is 1.50. The summed E-state index contributed by atoms with van der Waals surface area (Å²) in [5.41, 5.74) is 2.83. The minimum atomic E-state index is -2.03. The number of hydrogen-bond acceptors (Lipinski definition) is 6. The number of anilines is 4. The van der Waals surface area contributed by atoms with E-state index >= 15 is 0 Å². The molecule has 1 amide bonds. The van der Waals surface area contributed by atoms with Gasteiger partial charge in [0.05, 0.1) is 6.20 Å². The van der Waals surface area contributed by atoms with Gasteiger partial charge in [-0.2, -0.15) is 4.98 Å². The second kappa shape index (κ2) is 10.8. The summed E-state index contributed by atoms with van der Waals surface area (Å²) < 4.78 is 22.7. The molecule has 0 saturated heterocycles. The predicted octanol–water partition coefficient (Wildman–Crippen LogP) is 3.87. The maximum Gasteiger partial charge on any atom is 0.231 e. The SMILES string of the molecule is CN1C(=O)CCCc2ccc(Nc3ncc(Cl)c(N[C@@H]4CCCC[C@@H]4CNS(=O)O)n3)cc21. The van der Waals surface area contributed by atoms with E-state index in [0.717, 1.165) is 55.5 Å². The maximum absolute atomic E-state index is 12.3. The van der Waals surface area contributed by atoms with Gasteiger partial charge in [-0.15, -0.1) is 0 Å². The van der Waals surface area contributed by atoms with Gasteiger partial charge in [0.1, 0.15) is 5.02 Å². The number of hydrogen-bond donors (Lipinski definition) is 4. The summed E-state index contributed by atoms with van der Waals surface area (Å²) in [5.74, 6) is 1.22. The van der Waals surface area contributed by atoms with Gasteiger partial charge >= 0.3 is 0 Å². The van der Waals surface area contributed by atoms with E-state index in [0.29, 0.717) is 29.8 Å². The average Bonchev–Trinajstić information content (AvgIpc) is 2.94. The van der Waals surface area contributed by atoms with Crippen LogP contribution < -0.4 is 20.3 Å². The minimum absolute atomic E-state index is 0.0854. The van der Waals surface area contributed by atoms with Crippen molar-refractivity contribution in [3.63, 3.8) is 0 Å². The molecule has 2 heterocycles. The summed E-state index contributed by atoms with van der Waals surface area (Å²) in [6.45, 7) is 0.440. The third-order valence-electron chi connectivity index (χ3n) is 6.36. The highest BCUT2D eigenvalue weighted by Gasteiger charge is 2.26. The molecule has 1 aliphatic heterocycles. The first kappa shape index (κ1) is 23.9. The number of aromatic nitrogens is 2. The second-order valence-corrected chi connectivity index (χ2v) is 9.75. The van der Waals surface area contributed by atoms with E-state index in [4.69, 9.17) is 16.2 Å². The molecule has 9 nitrogen and oxygen atoms in total. The highest BCUT2D eigenvalue weighted by molar-refractivity contribution is 7.77. The number of rotatable bonds is 7. The van der Waals surface area contributed by atoms with Crippen molar-refractivity contribution in [2.45, 2.75) is 51.0 Å². The van der Waals surface area contributed by atoms with Gasteiger partial charge < -0.3 is 15.5 Å². The second-order valence-electron chi connectivity index (χ2n) is 8.56. The zero-order valence-corrected chi connectivity index (χ0v) is 20.1. The predicted molar refractivity (Wildman–Crippen MR) is 131 cm³/mol. The molecule has 1 unspecified atom stereocenters. The first-order chi connectivity index (χ1) is 15.9. The van der Waals surface area contributed by atoms with E-state index in [1.165, 1.54) is 0 Å². The Bertz CT molecular complexity index is 1040. The van der Waals surface area contributed by atoms with E-state index in [1.54, 1.807) is 18.1 Å². The molecule has 3 atom stereocenters. The van der Waals surface area contributed by atoms with Gasteiger partial charge in [-0.25, -0.2) is 13.9 Å². The van der Waals surface area contributed by atoms with Gasteiger partial charge in [0.15, 0.2) is 5.82 Å². The maximum atomic E-state index is 12.3. The first-order valence-corrected chi connectivity index (χ1v) is 12.7. The van der Waals surface area contributed by atoms with Crippen molar-refractivity contribution in [2.75, 3.05) is 29.1 Å². The number of amides is 1. The number of nitrogens with one attached hydrogen (secondary N) is 3. The summed E-state index contributed by atoms with van der Waals surface area (Å²) in [4.78, 5) is 22.8. The monoisotopic (exact) mass is 492 g/mol. The molecule has 1 aromatic heterocycles. The van der Waals surface area contributed by atoms with Crippen LogP contribution >= 0.6 is 11.6 Å². The molecular weight excluding hydrogens is 464 g/mol. The summed E-state index contributed by atoms with van der Waals surface area (Å²) in [6.07, 6.45) is 7.87. The topological polar surface area (TPSA) is 119 Å². The van der Waals surface area contributed by atoms with Gasteiger partial charge in [0, 0.05) is 37.4 Å². The molecule has 2 aromatic rings. The Morgan fingerprint density at radius 1 is 1.24 bits per heavy atom. The molecule has 1 aliphatic carbocycles. The fourth-order valence-corrected chi connectivity index (χ4v) is 5.05. The number of carbonyl (C=O) groups excluding carboxylic acids is 1. The van der Waals surface area contributed by atoms with Crippen LogP contribution in [0.1, 0.15) is 44.1 Å². The van der Waals surface area contributed by atoms with E-state index in [1.807, 2.05) is 18.2 Å². The number of fused-ring (bicyclic) bond motifs is 1. The molecule has 4 N–H and O–H groups in total. The van der Waals surface area contributed by atoms with E-state index in [9.17, 15) is 9.00 Å². The number of aryl methyl sites for hydroxylation is 1. The quantitative estimate of drug-likeness (QED) is 0.433. The fraction of sp³-hybridized carbons (Fsp3) is 0.500. The molecule has 1 fully saturated rings. The van der Waals surface area contributed by atoms with E-state index < -0.39 is 11.3 Å². The zero-order valence-electron chi connectivity index (χ0n) is 18.5. The van der Waals surface area contributed by atoms with Crippen molar-refractivity contribution in [1.82, 2.24) is 14.7 Å². The molecular formula is C22H29ClN6O3S. The lowest BCUT2D eigenvalue weighted by atomic mass is 9.84. The average molecular weight is 493 g/mol. The molecule has 0 radical (unpaired) electrons. The smallest absolute Gasteiger partial charge is 0.231 e. The Morgan fingerprint density at radius 3 is 2.88 bits per heavy atom. The summed E-state index contributed by atoms with van der Waals surface area (Å²) in [5, 5.41) is 7.06. The lowest BCUT2D eigenvalue weighted by Crippen LogP contribution is -2.39. The fourth-order valence-electron chi connectivity index (χ4n) is 4.55. The Morgan fingerprint density at radius 2 is 2.06 bits per heavy atom. The lowest BCUT2D eigenvalue weighted by Gasteiger charge is -2.32. The minimum Gasteiger partial charge on any atom is -0.366 e. The first-order valence-electron chi connectivity index (χ1n) is 11.2. The van der Waals surface area contributed by atoms with Crippen LogP contribution in [0.15, 0.2) is 24.4 Å². The third-order valence-corrected chi connectivity index (χ3v) is 7.05. The normalized spacial score (nSPS) is 21.8. The van der Waals surface area contributed by atoms with E-state index in [2.05, 4.69) is 25.3 Å². The lowest BCUT2D eigenvalue weighted by molar-refractivity contribution is -0.118. The van der Waals surface area contributed by atoms with Crippen LogP contribution in [0.5, 0.6) is 0 Å². The van der Waals surface area contributed by atoms with Crippen LogP contribution in [0.3, 0.4) is 0 Å². The van der Waals surface area contributed by atoms with Crippen LogP contribution in [0.25, 0.3) is 0 Å². The molecule has 0 spiro atoms. The highest BCUT2D eigenvalue weighted by Crippen LogP contribution is 2.32. The van der Waals surface area contributed by atoms with Crippen molar-refractivity contribution in [3.05, 3.63) is 35.0 Å². The Labute approximate surface area is 201 Å². The number of nitrogens with zero attached hydrogens (tertiary/aromatic N) is 3. The van der Waals surface area contributed by atoms with Crippen LogP contribution in [-0.4, -0.2) is 44.3 Å². The number of carbonyl (C=O) groups is 1. The van der Waals surface area contributed by atoms with Gasteiger partial charge in [-0.1, -0.05) is 30.5 Å². The molecule has 11 heteroatoms. The van der Waals surface area contributed by atoms with Crippen molar-refractivity contribution in [3.8, 4) is 0 Å². The zero-order chi connectivity index (χ0) is 23.4. The molecule has 4 rings (SSSR count). The molecule has 0 bridgehead atoms.